The molecule has 1 amide bonds. The topological polar surface area (TPSA) is 66.9 Å². The van der Waals surface area contributed by atoms with Gasteiger partial charge in [0.25, 0.3) is 5.91 Å². The predicted octanol–water partition coefficient (Wildman–Crippen LogP) is 2.36. The molecule has 2 aromatic rings. The minimum Gasteiger partial charge on any atom is -0.352 e. The Kier molecular flexibility index (Phi) is 5.15. The van der Waals surface area contributed by atoms with Crippen LogP contribution in [0.4, 0.5) is 14.7 Å². The van der Waals surface area contributed by atoms with Gasteiger partial charge in [0.1, 0.15) is 17.2 Å². The number of anilines is 1. The molecular weight excluding hydrogens is 346 g/mol. The van der Waals surface area contributed by atoms with Crippen LogP contribution in [0.1, 0.15) is 10.4 Å². The molecule has 110 valence electrons. The molecule has 2 N–H and O–H groups in total. The van der Waals surface area contributed by atoms with Gasteiger partial charge in [-0.1, -0.05) is 6.07 Å². The molecule has 0 aliphatic heterocycles. The molecule has 0 fully saturated rings. The summed E-state index contributed by atoms with van der Waals surface area (Å²) in [5.41, 5.74) is -0.586. The van der Waals surface area contributed by atoms with Crippen molar-refractivity contribution in [1.82, 2.24) is 15.3 Å². The van der Waals surface area contributed by atoms with Crippen molar-refractivity contribution in [3.63, 3.8) is 0 Å². The third-order valence-corrected chi connectivity index (χ3v) is 2.91. The maximum Gasteiger partial charge on any atom is 0.257 e. The molecule has 1 heterocycles. The fourth-order valence-corrected chi connectivity index (χ4v) is 1.76. The van der Waals surface area contributed by atoms with Crippen molar-refractivity contribution in [2.75, 3.05) is 18.4 Å². The number of carbonyl (C=O) groups excluding carboxylic acids is 1. The summed E-state index contributed by atoms with van der Waals surface area (Å²) in [4.78, 5) is 19.6. The minimum atomic E-state index is -0.892. The van der Waals surface area contributed by atoms with Gasteiger partial charge in [-0.25, -0.2) is 18.7 Å². The van der Waals surface area contributed by atoms with Gasteiger partial charge in [-0.05, 0) is 28.1 Å². The first kappa shape index (κ1) is 15.3. The van der Waals surface area contributed by atoms with Crippen LogP contribution in [0.5, 0.6) is 0 Å². The van der Waals surface area contributed by atoms with Crippen LogP contribution in [0, 0.1) is 11.6 Å². The van der Waals surface area contributed by atoms with Crippen LogP contribution >= 0.6 is 15.9 Å². The number of nitrogens with zero attached hydrogens (tertiary/aromatic N) is 2. The van der Waals surface area contributed by atoms with Gasteiger partial charge in [0, 0.05) is 25.5 Å². The second-order valence-corrected chi connectivity index (χ2v) is 4.92. The summed E-state index contributed by atoms with van der Waals surface area (Å²) in [5.74, 6) is -2.19. The zero-order valence-corrected chi connectivity index (χ0v) is 12.3. The van der Waals surface area contributed by atoms with Crippen molar-refractivity contribution in [2.24, 2.45) is 0 Å². The first-order chi connectivity index (χ1) is 10.1. The summed E-state index contributed by atoms with van der Waals surface area (Å²) in [7, 11) is 0. The number of nitrogens with one attached hydrogen (secondary N) is 2. The average Bonchev–Trinajstić information content (AvgIpc) is 2.45. The number of hydrogen-bond acceptors (Lipinski definition) is 4. The van der Waals surface area contributed by atoms with Crippen molar-refractivity contribution >= 4 is 27.8 Å². The van der Waals surface area contributed by atoms with E-state index >= 15 is 0 Å². The predicted molar refractivity (Wildman–Crippen MR) is 76.9 cm³/mol. The summed E-state index contributed by atoms with van der Waals surface area (Å²) >= 11 is 3.20. The molecular formula is C13H11BrF2N4O. The van der Waals surface area contributed by atoms with Crippen LogP contribution in [0.15, 0.2) is 35.1 Å². The maximum absolute atomic E-state index is 13.4. The van der Waals surface area contributed by atoms with Gasteiger partial charge < -0.3 is 10.6 Å². The molecule has 21 heavy (non-hydrogen) atoms. The second-order valence-electron chi connectivity index (χ2n) is 4.00. The number of benzene rings is 1. The molecule has 0 radical (unpaired) electrons. The van der Waals surface area contributed by atoms with E-state index in [1.807, 2.05) is 0 Å². The molecule has 5 nitrogen and oxygen atoms in total. The smallest absolute Gasteiger partial charge is 0.257 e. The Morgan fingerprint density at radius 1 is 1.14 bits per heavy atom. The molecule has 0 bridgehead atoms. The Morgan fingerprint density at radius 2 is 1.76 bits per heavy atom. The summed E-state index contributed by atoms with van der Waals surface area (Å²) in [6, 6.07) is 3.27. The Labute approximate surface area is 127 Å². The highest BCUT2D eigenvalue weighted by atomic mass is 79.9. The van der Waals surface area contributed by atoms with E-state index in [0.717, 1.165) is 16.6 Å². The number of carbonyl (C=O) groups is 1. The monoisotopic (exact) mass is 356 g/mol. The standard InChI is InChI=1S/C13H11BrF2N4O/c14-8-6-19-13(20-7-8)18-5-4-17-12(21)11-9(15)2-1-3-10(11)16/h1-3,6-7H,4-5H2,(H,17,21)(H,18,19,20). The van der Waals surface area contributed by atoms with Crippen molar-refractivity contribution in [2.45, 2.75) is 0 Å². The van der Waals surface area contributed by atoms with Crippen LogP contribution in [0.3, 0.4) is 0 Å². The lowest BCUT2D eigenvalue weighted by Gasteiger charge is -2.08. The number of amides is 1. The molecule has 0 aliphatic carbocycles. The highest BCUT2D eigenvalue weighted by molar-refractivity contribution is 9.10. The van der Waals surface area contributed by atoms with E-state index in [1.54, 1.807) is 12.4 Å². The maximum atomic E-state index is 13.4. The number of rotatable bonds is 5. The van der Waals surface area contributed by atoms with Crippen LogP contribution < -0.4 is 10.6 Å². The third kappa shape index (κ3) is 4.19. The molecule has 2 rings (SSSR count). The van der Waals surface area contributed by atoms with E-state index in [2.05, 4.69) is 36.5 Å². The normalized spacial score (nSPS) is 10.2. The SMILES string of the molecule is O=C(NCCNc1ncc(Br)cn1)c1c(F)cccc1F. The van der Waals surface area contributed by atoms with Crippen molar-refractivity contribution in [1.29, 1.82) is 0 Å². The third-order valence-electron chi connectivity index (χ3n) is 2.50. The van der Waals surface area contributed by atoms with E-state index in [0.29, 0.717) is 12.5 Å². The van der Waals surface area contributed by atoms with Gasteiger partial charge in [-0.15, -0.1) is 0 Å². The number of halogens is 3. The molecule has 0 aliphatic rings. The molecule has 1 aromatic heterocycles. The second kappa shape index (κ2) is 7.07. The summed E-state index contributed by atoms with van der Waals surface area (Å²) < 4.78 is 27.5. The average molecular weight is 357 g/mol. The molecule has 0 atom stereocenters. The largest absolute Gasteiger partial charge is 0.352 e. The van der Waals surface area contributed by atoms with E-state index in [-0.39, 0.29) is 6.54 Å². The van der Waals surface area contributed by atoms with Gasteiger partial charge >= 0.3 is 0 Å². The Hall–Kier alpha value is -2.09. The summed E-state index contributed by atoms with van der Waals surface area (Å²) in [6.07, 6.45) is 3.14. The zero-order valence-electron chi connectivity index (χ0n) is 10.7. The van der Waals surface area contributed by atoms with E-state index in [9.17, 15) is 13.6 Å². The van der Waals surface area contributed by atoms with Crippen LogP contribution in [-0.2, 0) is 0 Å². The lowest BCUT2D eigenvalue weighted by atomic mass is 10.2. The van der Waals surface area contributed by atoms with Crippen molar-refractivity contribution in [3.05, 3.63) is 52.3 Å². The van der Waals surface area contributed by atoms with Crippen molar-refractivity contribution in [3.8, 4) is 0 Å². The molecule has 1 aromatic carbocycles. The van der Waals surface area contributed by atoms with E-state index < -0.39 is 23.1 Å². The van der Waals surface area contributed by atoms with Gasteiger partial charge in [0.2, 0.25) is 5.95 Å². The lowest BCUT2D eigenvalue weighted by Crippen LogP contribution is -2.30. The fourth-order valence-electron chi connectivity index (χ4n) is 1.56. The highest BCUT2D eigenvalue weighted by Crippen LogP contribution is 2.11. The Balaban J connectivity index is 1.83. The molecule has 0 unspecified atom stereocenters. The van der Waals surface area contributed by atoms with Gasteiger partial charge in [-0.2, -0.15) is 0 Å². The van der Waals surface area contributed by atoms with Crippen LogP contribution in [-0.4, -0.2) is 29.0 Å². The zero-order chi connectivity index (χ0) is 15.2. The quantitative estimate of drug-likeness (QED) is 0.807. The van der Waals surface area contributed by atoms with Crippen LogP contribution in [0.2, 0.25) is 0 Å². The fraction of sp³-hybridized carbons (Fsp3) is 0.154. The molecule has 0 saturated heterocycles. The van der Waals surface area contributed by atoms with Gasteiger partial charge in [0.05, 0.1) is 4.47 Å². The first-order valence-corrected chi connectivity index (χ1v) is 6.81. The molecule has 8 heteroatoms. The Bertz CT molecular complexity index is 616. The van der Waals surface area contributed by atoms with E-state index in [1.165, 1.54) is 6.07 Å². The van der Waals surface area contributed by atoms with E-state index in [4.69, 9.17) is 0 Å². The minimum absolute atomic E-state index is 0.173. The van der Waals surface area contributed by atoms with Gasteiger partial charge in [0.15, 0.2) is 0 Å². The van der Waals surface area contributed by atoms with Gasteiger partial charge in [-0.3, -0.25) is 4.79 Å². The Morgan fingerprint density at radius 3 is 2.38 bits per heavy atom. The van der Waals surface area contributed by atoms with Crippen molar-refractivity contribution < 1.29 is 13.6 Å². The summed E-state index contributed by atoms with van der Waals surface area (Å²) in [5, 5.41) is 5.28. The number of aromatic nitrogens is 2. The summed E-state index contributed by atoms with van der Waals surface area (Å²) in [6.45, 7) is 0.496. The molecule has 0 spiro atoms. The molecule has 0 saturated carbocycles. The lowest BCUT2D eigenvalue weighted by molar-refractivity contribution is 0.0946. The first-order valence-electron chi connectivity index (χ1n) is 6.01. The number of hydrogen-bond donors (Lipinski definition) is 2. The highest BCUT2D eigenvalue weighted by Gasteiger charge is 2.16. The van der Waals surface area contributed by atoms with Crippen LogP contribution in [0.25, 0.3) is 0 Å².